The first kappa shape index (κ1) is 18.9. The molecule has 0 bridgehead atoms. The third-order valence-corrected chi connectivity index (χ3v) is 6.17. The Morgan fingerprint density at radius 2 is 1.75 bits per heavy atom. The van der Waals surface area contributed by atoms with Crippen molar-refractivity contribution in [2.75, 3.05) is 26.4 Å². The van der Waals surface area contributed by atoms with Gasteiger partial charge in [0.05, 0.1) is 6.26 Å². The Bertz CT molecular complexity index is 660. The maximum absolute atomic E-state index is 12.3. The third kappa shape index (κ3) is 4.80. The first-order valence-corrected chi connectivity index (χ1v) is 10.3. The molecule has 134 valence electrons. The predicted molar refractivity (Wildman–Crippen MR) is 96.5 cm³/mol. The molecule has 1 aromatic rings. The number of nitrogens with zero attached hydrogens (tertiary/aromatic N) is 2. The molecule has 0 spiro atoms. The van der Waals surface area contributed by atoms with Crippen molar-refractivity contribution in [2.45, 2.75) is 39.2 Å². The molecule has 6 heteroatoms. The number of sulfonamides is 1. The zero-order chi connectivity index (χ0) is 17.9. The summed E-state index contributed by atoms with van der Waals surface area (Å²) in [6.45, 7) is 5.21. The van der Waals surface area contributed by atoms with Gasteiger partial charge < -0.3 is 4.90 Å². The average molecular weight is 353 g/mol. The van der Waals surface area contributed by atoms with Crippen molar-refractivity contribution in [1.29, 1.82) is 0 Å². The van der Waals surface area contributed by atoms with E-state index in [2.05, 4.69) is 0 Å². The van der Waals surface area contributed by atoms with Crippen molar-refractivity contribution >= 4 is 15.9 Å². The molecule has 1 amide bonds. The fourth-order valence-corrected chi connectivity index (χ4v) is 3.87. The van der Waals surface area contributed by atoms with Crippen molar-refractivity contribution < 1.29 is 13.2 Å². The Balaban J connectivity index is 1.92. The molecule has 2 rings (SSSR count). The summed E-state index contributed by atoms with van der Waals surface area (Å²) in [6.07, 6.45) is 4.00. The third-order valence-electron chi connectivity index (χ3n) is 4.86. The lowest BCUT2D eigenvalue weighted by Crippen LogP contribution is -2.38. The molecule has 1 aromatic carbocycles. The summed E-state index contributed by atoms with van der Waals surface area (Å²) in [5, 5.41) is 0. The highest BCUT2D eigenvalue weighted by Gasteiger charge is 2.25. The molecule has 0 radical (unpaired) electrons. The van der Waals surface area contributed by atoms with Crippen LogP contribution < -0.4 is 0 Å². The van der Waals surface area contributed by atoms with E-state index in [1.54, 1.807) is 9.21 Å². The maximum atomic E-state index is 12.3. The van der Waals surface area contributed by atoms with E-state index < -0.39 is 10.0 Å². The quantitative estimate of drug-likeness (QED) is 0.817. The Labute approximate surface area is 145 Å². The van der Waals surface area contributed by atoms with Crippen LogP contribution in [-0.4, -0.2) is 56.0 Å². The smallest absolute Gasteiger partial charge is 0.253 e. The van der Waals surface area contributed by atoms with Gasteiger partial charge in [0.2, 0.25) is 10.0 Å². The molecule has 1 heterocycles. The van der Waals surface area contributed by atoms with Crippen LogP contribution in [0.3, 0.4) is 0 Å². The number of carbonyl (C=O) groups is 1. The van der Waals surface area contributed by atoms with Crippen molar-refractivity contribution in [3.63, 3.8) is 0 Å². The summed E-state index contributed by atoms with van der Waals surface area (Å²) in [5.41, 5.74) is 1.92. The summed E-state index contributed by atoms with van der Waals surface area (Å²) in [5.74, 6) is 0.542. The first-order chi connectivity index (χ1) is 11.2. The van der Waals surface area contributed by atoms with Crippen molar-refractivity contribution in [2.24, 2.45) is 5.92 Å². The number of rotatable bonds is 5. The molecule has 5 nitrogen and oxygen atoms in total. The van der Waals surface area contributed by atoms with Crippen LogP contribution in [-0.2, 0) is 16.4 Å². The molecular formula is C18H28N2O3S. The van der Waals surface area contributed by atoms with Gasteiger partial charge in [0.1, 0.15) is 0 Å². The highest BCUT2D eigenvalue weighted by molar-refractivity contribution is 7.88. The second-order valence-corrected chi connectivity index (χ2v) is 9.00. The second-order valence-electron chi connectivity index (χ2n) is 7.02. The summed E-state index contributed by atoms with van der Waals surface area (Å²) >= 11 is 0. The molecule has 1 aliphatic rings. The number of amides is 1. The lowest BCUT2D eigenvalue weighted by atomic mass is 9.90. The minimum Gasteiger partial charge on any atom is -0.339 e. The first-order valence-electron chi connectivity index (χ1n) is 8.49. The highest BCUT2D eigenvalue weighted by atomic mass is 32.2. The Kier molecular flexibility index (Phi) is 6.04. The number of carbonyl (C=O) groups excluding carboxylic acids is 1. The highest BCUT2D eigenvalue weighted by Crippen LogP contribution is 2.23. The van der Waals surface area contributed by atoms with Crippen LogP contribution in [0.25, 0.3) is 0 Å². The summed E-state index contributed by atoms with van der Waals surface area (Å²) in [6, 6.07) is 8.00. The zero-order valence-electron chi connectivity index (χ0n) is 15.0. The summed E-state index contributed by atoms with van der Waals surface area (Å²) < 4.78 is 24.7. The van der Waals surface area contributed by atoms with Gasteiger partial charge in [-0.1, -0.05) is 12.1 Å². The van der Waals surface area contributed by atoms with Crippen molar-refractivity contribution in [3.05, 3.63) is 35.4 Å². The topological polar surface area (TPSA) is 57.7 Å². The number of hydrogen-bond acceptors (Lipinski definition) is 3. The maximum Gasteiger partial charge on any atom is 0.253 e. The van der Waals surface area contributed by atoms with E-state index in [4.69, 9.17) is 0 Å². The van der Waals surface area contributed by atoms with Crippen molar-refractivity contribution in [1.82, 2.24) is 9.21 Å². The van der Waals surface area contributed by atoms with E-state index in [1.165, 1.54) is 11.8 Å². The number of piperidine rings is 1. The predicted octanol–water partition coefficient (Wildman–Crippen LogP) is 2.38. The van der Waals surface area contributed by atoms with Gasteiger partial charge in [-0.25, -0.2) is 12.7 Å². The molecule has 0 unspecified atom stereocenters. The number of hydrogen-bond donors (Lipinski definition) is 0. The van der Waals surface area contributed by atoms with Crippen LogP contribution in [0, 0.1) is 5.92 Å². The molecule has 0 aromatic heterocycles. The van der Waals surface area contributed by atoms with Gasteiger partial charge in [-0.2, -0.15) is 0 Å². The molecule has 1 saturated heterocycles. The largest absolute Gasteiger partial charge is 0.339 e. The van der Waals surface area contributed by atoms with E-state index >= 15 is 0 Å². The van der Waals surface area contributed by atoms with Crippen LogP contribution in [0.5, 0.6) is 0 Å². The fraction of sp³-hybridized carbons (Fsp3) is 0.611. The van der Waals surface area contributed by atoms with E-state index in [0.717, 1.165) is 19.3 Å². The lowest BCUT2D eigenvalue weighted by Gasteiger charge is -2.30. The Morgan fingerprint density at radius 3 is 2.21 bits per heavy atom. The van der Waals surface area contributed by atoms with Gasteiger partial charge in [-0.15, -0.1) is 0 Å². The molecule has 0 aliphatic carbocycles. The summed E-state index contributed by atoms with van der Waals surface area (Å²) in [4.78, 5) is 14.0. The normalized spacial score (nSPS) is 17.2. The van der Waals surface area contributed by atoms with Gasteiger partial charge in [0.15, 0.2) is 0 Å². The van der Waals surface area contributed by atoms with Crippen LogP contribution in [0.15, 0.2) is 24.3 Å². The standard InChI is InChI=1S/C18H28N2O3S/c1-14(2)19(3)18(21)17-7-5-15(6-8-17)13-16-9-11-20(12-10-16)24(4,22)23/h5-8,14,16H,9-13H2,1-4H3. The second kappa shape index (κ2) is 7.66. The van der Waals surface area contributed by atoms with Crippen LogP contribution in [0.4, 0.5) is 0 Å². The number of benzene rings is 1. The zero-order valence-corrected chi connectivity index (χ0v) is 15.8. The van der Waals surface area contributed by atoms with Crippen LogP contribution in [0.1, 0.15) is 42.6 Å². The average Bonchev–Trinajstić information content (AvgIpc) is 2.54. The molecule has 0 saturated carbocycles. The Morgan fingerprint density at radius 1 is 1.21 bits per heavy atom. The SMILES string of the molecule is CC(C)N(C)C(=O)c1ccc(CC2CCN(S(C)(=O)=O)CC2)cc1. The Hall–Kier alpha value is -1.40. The molecule has 1 aliphatic heterocycles. The van der Waals surface area contributed by atoms with Gasteiger partial charge >= 0.3 is 0 Å². The minimum atomic E-state index is -3.06. The molecule has 0 atom stereocenters. The lowest BCUT2D eigenvalue weighted by molar-refractivity contribution is 0.0755. The fourth-order valence-electron chi connectivity index (χ4n) is 3.00. The van der Waals surface area contributed by atoms with Crippen LogP contribution >= 0.6 is 0 Å². The molecule has 24 heavy (non-hydrogen) atoms. The van der Waals surface area contributed by atoms with E-state index in [1.807, 2.05) is 45.2 Å². The monoisotopic (exact) mass is 352 g/mol. The van der Waals surface area contributed by atoms with E-state index in [0.29, 0.717) is 24.6 Å². The molecular weight excluding hydrogens is 324 g/mol. The van der Waals surface area contributed by atoms with E-state index in [-0.39, 0.29) is 11.9 Å². The van der Waals surface area contributed by atoms with Crippen molar-refractivity contribution in [3.8, 4) is 0 Å². The van der Waals surface area contributed by atoms with E-state index in [9.17, 15) is 13.2 Å². The minimum absolute atomic E-state index is 0.0398. The van der Waals surface area contributed by atoms with Gasteiger partial charge in [0, 0.05) is 31.7 Å². The van der Waals surface area contributed by atoms with Crippen LogP contribution in [0.2, 0.25) is 0 Å². The summed E-state index contributed by atoms with van der Waals surface area (Å²) in [7, 11) is -1.25. The molecule has 1 fully saturated rings. The van der Waals surface area contributed by atoms with Gasteiger partial charge in [-0.3, -0.25) is 4.79 Å². The molecule has 0 N–H and O–H groups in total. The van der Waals surface area contributed by atoms with Gasteiger partial charge in [0.25, 0.3) is 5.91 Å². The van der Waals surface area contributed by atoms with Gasteiger partial charge in [-0.05, 0) is 56.7 Å².